The number of benzene rings is 1. The van der Waals surface area contributed by atoms with E-state index in [-0.39, 0.29) is 6.61 Å². The van der Waals surface area contributed by atoms with E-state index in [0.717, 1.165) is 4.57 Å². The van der Waals surface area contributed by atoms with Crippen LogP contribution in [0.4, 0.5) is 5.69 Å². The van der Waals surface area contributed by atoms with Gasteiger partial charge in [-0.1, -0.05) is 6.07 Å². The Morgan fingerprint density at radius 3 is 2.67 bits per heavy atom. The molecule has 0 fully saturated rings. The van der Waals surface area contributed by atoms with Crippen molar-refractivity contribution in [1.82, 2.24) is 4.57 Å². The summed E-state index contributed by atoms with van der Waals surface area (Å²) in [5, 5.41) is 11.3. The van der Waals surface area contributed by atoms with E-state index in [1.807, 2.05) is 0 Å². The number of nitrogens with zero attached hydrogens (tertiary/aromatic N) is 1. The molecule has 1 heterocycles. The molecule has 0 saturated heterocycles. The summed E-state index contributed by atoms with van der Waals surface area (Å²) in [6.07, 6.45) is 1.26. The first kappa shape index (κ1) is 17.1. The van der Waals surface area contributed by atoms with E-state index in [2.05, 4.69) is 5.32 Å². The number of hydrogen-bond acceptors (Lipinski definition) is 5. The number of carbonyl (C=O) groups is 2. The third-order valence-corrected chi connectivity index (χ3v) is 2.98. The highest BCUT2D eigenvalue weighted by Gasteiger charge is 2.07. The monoisotopic (exact) mass is 332 g/mol. The van der Waals surface area contributed by atoms with Gasteiger partial charge in [0.05, 0.1) is 12.8 Å². The molecule has 1 aromatic carbocycles. The van der Waals surface area contributed by atoms with Crippen LogP contribution < -0.4 is 20.3 Å². The summed E-state index contributed by atoms with van der Waals surface area (Å²) in [7, 11) is 1.53. The normalized spacial score (nSPS) is 10.0. The van der Waals surface area contributed by atoms with Gasteiger partial charge in [-0.25, -0.2) is 0 Å². The number of aromatic nitrogens is 1. The number of aliphatic carboxylic acids is 1. The number of carboxylic acid groups (broad SMARTS) is 1. The predicted molar refractivity (Wildman–Crippen MR) is 85.5 cm³/mol. The Bertz CT molecular complexity index is 799. The van der Waals surface area contributed by atoms with Crippen LogP contribution in [-0.4, -0.2) is 35.3 Å². The number of carboxylic acids is 1. The number of carbonyl (C=O) groups excluding carboxylic acids is 1. The number of pyridine rings is 1. The zero-order chi connectivity index (χ0) is 17.5. The van der Waals surface area contributed by atoms with Crippen LogP contribution in [0.15, 0.2) is 47.4 Å². The molecule has 1 aromatic heterocycles. The van der Waals surface area contributed by atoms with E-state index in [1.165, 1.54) is 25.4 Å². The van der Waals surface area contributed by atoms with Crippen LogP contribution >= 0.6 is 0 Å². The van der Waals surface area contributed by atoms with Crippen molar-refractivity contribution >= 4 is 17.6 Å². The molecule has 0 spiro atoms. The van der Waals surface area contributed by atoms with Crippen LogP contribution in [0.5, 0.6) is 11.5 Å². The average molecular weight is 332 g/mol. The van der Waals surface area contributed by atoms with Crippen LogP contribution in [0, 0.1) is 0 Å². The molecule has 0 aliphatic heterocycles. The van der Waals surface area contributed by atoms with E-state index < -0.39 is 24.0 Å². The van der Waals surface area contributed by atoms with Gasteiger partial charge in [-0.3, -0.25) is 14.4 Å². The molecule has 0 atom stereocenters. The predicted octanol–water partition coefficient (Wildman–Crippen LogP) is 0.959. The fraction of sp³-hybridized carbons (Fsp3) is 0.188. The first-order valence-electron chi connectivity index (χ1n) is 6.97. The molecule has 1 amide bonds. The van der Waals surface area contributed by atoms with Gasteiger partial charge in [-0.2, -0.15) is 0 Å². The number of amides is 1. The van der Waals surface area contributed by atoms with Gasteiger partial charge in [0, 0.05) is 18.3 Å². The highest BCUT2D eigenvalue weighted by atomic mass is 16.5. The molecule has 24 heavy (non-hydrogen) atoms. The van der Waals surface area contributed by atoms with Gasteiger partial charge in [0.15, 0.2) is 6.61 Å². The topological polar surface area (TPSA) is 107 Å². The van der Waals surface area contributed by atoms with Gasteiger partial charge in [0.1, 0.15) is 18.0 Å². The minimum absolute atomic E-state index is 0.245. The molecule has 0 aliphatic rings. The van der Waals surface area contributed by atoms with Crippen molar-refractivity contribution in [2.45, 2.75) is 6.54 Å². The molecule has 2 rings (SSSR count). The lowest BCUT2D eigenvalue weighted by Crippen LogP contribution is -2.25. The van der Waals surface area contributed by atoms with Crippen molar-refractivity contribution in [2.75, 3.05) is 19.0 Å². The Balaban J connectivity index is 1.96. The van der Waals surface area contributed by atoms with Gasteiger partial charge in [-0.05, 0) is 18.2 Å². The summed E-state index contributed by atoms with van der Waals surface area (Å²) >= 11 is 0. The minimum atomic E-state index is -1.15. The third kappa shape index (κ3) is 4.87. The lowest BCUT2D eigenvalue weighted by molar-refractivity contribution is -0.137. The molecule has 0 unspecified atom stereocenters. The molecule has 0 bridgehead atoms. The maximum Gasteiger partial charge on any atom is 0.323 e. The number of rotatable bonds is 7. The van der Waals surface area contributed by atoms with Gasteiger partial charge < -0.3 is 24.5 Å². The van der Waals surface area contributed by atoms with E-state index in [0.29, 0.717) is 17.2 Å². The molecule has 2 aromatic rings. The summed E-state index contributed by atoms with van der Waals surface area (Å²) in [5.74, 6) is -0.519. The first-order chi connectivity index (χ1) is 11.5. The lowest BCUT2D eigenvalue weighted by atomic mass is 10.3. The smallest absolute Gasteiger partial charge is 0.323 e. The second kappa shape index (κ2) is 7.82. The first-order valence-corrected chi connectivity index (χ1v) is 6.97. The minimum Gasteiger partial charge on any atom is -0.497 e. The molecular formula is C16H16N2O6. The fourth-order valence-electron chi connectivity index (χ4n) is 1.91. The van der Waals surface area contributed by atoms with Crippen molar-refractivity contribution in [3.63, 3.8) is 0 Å². The second-order valence-corrected chi connectivity index (χ2v) is 4.79. The summed E-state index contributed by atoms with van der Waals surface area (Å²) in [5.41, 5.74) is -0.168. The van der Waals surface area contributed by atoms with Crippen molar-refractivity contribution in [1.29, 1.82) is 0 Å². The van der Waals surface area contributed by atoms with E-state index >= 15 is 0 Å². The van der Waals surface area contributed by atoms with Crippen LogP contribution in [0.25, 0.3) is 0 Å². The summed E-state index contributed by atoms with van der Waals surface area (Å²) < 4.78 is 11.4. The Kier molecular flexibility index (Phi) is 5.56. The molecule has 0 radical (unpaired) electrons. The number of nitrogens with one attached hydrogen (secondary N) is 1. The third-order valence-electron chi connectivity index (χ3n) is 2.98. The van der Waals surface area contributed by atoms with Crippen molar-refractivity contribution in [3.8, 4) is 11.5 Å². The Morgan fingerprint density at radius 2 is 1.96 bits per heavy atom. The van der Waals surface area contributed by atoms with E-state index in [1.54, 1.807) is 24.3 Å². The van der Waals surface area contributed by atoms with Gasteiger partial charge in [-0.15, -0.1) is 0 Å². The molecule has 126 valence electrons. The average Bonchev–Trinajstić information content (AvgIpc) is 2.56. The van der Waals surface area contributed by atoms with Crippen LogP contribution in [0.2, 0.25) is 0 Å². The fourth-order valence-corrected chi connectivity index (χ4v) is 1.91. The van der Waals surface area contributed by atoms with Crippen LogP contribution in [0.1, 0.15) is 0 Å². The summed E-state index contributed by atoms with van der Waals surface area (Å²) in [4.78, 5) is 34.1. The molecule has 0 saturated carbocycles. The summed E-state index contributed by atoms with van der Waals surface area (Å²) in [6.45, 7) is -0.728. The molecule has 8 heteroatoms. The van der Waals surface area contributed by atoms with Crippen molar-refractivity contribution < 1.29 is 24.2 Å². The second-order valence-electron chi connectivity index (χ2n) is 4.79. The Labute approximate surface area is 137 Å². The summed E-state index contributed by atoms with van der Waals surface area (Å²) in [6, 6.07) is 9.38. The number of ether oxygens (including phenoxy) is 2. The Hall–Kier alpha value is -3.29. The van der Waals surface area contributed by atoms with Gasteiger partial charge in [0.2, 0.25) is 0 Å². The molecule has 2 N–H and O–H groups in total. The van der Waals surface area contributed by atoms with Crippen molar-refractivity contribution in [3.05, 3.63) is 52.9 Å². The highest BCUT2D eigenvalue weighted by Crippen LogP contribution is 2.18. The number of anilines is 1. The number of methoxy groups -OCH3 is 1. The molecular weight excluding hydrogens is 316 g/mol. The van der Waals surface area contributed by atoms with E-state index in [4.69, 9.17) is 14.6 Å². The Morgan fingerprint density at radius 1 is 1.21 bits per heavy atom. The number of hydrogen-bond donors (Lipinski definition) is 2. The molecule has 8 nitrogen and oxygen atoms in total. The zero-order valence-corrected chi connectivity index (χ0v) is 12.9. The largest absolute Gasteiger partial charge is 0.497 e. The van der Waals surface area contributed by atoms with Crippen LogP contribution in [-0.2, 0) is 16.1 Å². The standard InChI is InChI=1S/C16H16N2O6/c1-23-12-3-2-4-13(7-12)24-10-14(19)17-11-5-6-15(20)18(8-11)9-16(21)22/h2-8H,9-10H2,1H3,(H,17,19)(H,21,22). The van der Waals surface area contributed by atoms with E-state index in [9.17, 15) is 14.4 Å². The van der Waals surface area contributed by atoms with Gasteiger partial charge in [0.25, 0.3) is 11.5 Å². The maximum absolute atomic E-state index is 11.9. The van der Waals surface area contributed by atoms with Crippen molar-refractivity contribution in [2.24, 2.45) is 0 Å². The lowest BCUT2D eigenvalue weighted by Gasteiger charge is -2.10. The SMILES string of the molecule is COc1cccc(OCC(=O)Nc2ccc(=O)n(CC(=O)O)c2)c1. The molecule has 0 aliphatic carbocycles. The van der Waals surface area contributed by atoms with Gasteiger partial charge >= 0.3 is 5.97 Å². The quantitative estimate of drug-likeness (QED) is 0.782. The zero-order valence-electron chi connectivity index (χ0n) is 12.9. The maximum atomic E-state index is 11.9. The highest BCUT2D eigenvalue weighted by molar-refractivity contribution is 5.91. The van der Waals surface area contributed by atoms with Crippen LogP contribution in [0.3, 0.4) is 0 Å².